The van der Waals surface area contributed by atoms with Gasteiger partial charge in [0.1, 0.15) is 18.2 Å². The standard InChI is InChI=1S/C22H18FN3O2/c23-20-6-2-1-4-17(20)14-28-18-9-7-16(8-10-18)12-25-22(27)19-5-3-11-26-15-24-13-21(19)26/h1-11,13,15H,12,14H2,(H,25,27). The van der Waals surface area contributed by atoms with Crippen LogP contribution in [0.1, 0.15) is 21.5 Å². The summed E-state index contributed by atoms with van der Waals surface area (Å²) in [6, 6.07) is 17.5. The van der Waals surface area contributed by atoms with Crippen molar-refractivity contribution in [2.45, 2.75) is 13.2 Å². The molecule has 5 nitrogen and oxygen atoms in total. The van der Waals surface area contributed by atoms with Gasteiger partial charge in [-0.15, -0.1) is 0 Å². The van der Waals surface area contributed by atoms with Crippen molar-refractivity contribution in [3.05, 3.63) is 102 Å². The van der Waals surface area contributed by atoms with Crippen molar-refractivity contribution in [3.8, 4) is 5.75 Å². The highest BCUT2D eigenvalue weighted by Crippen LogP contribution is 2.16. The molecule has 0 radical (unpaired) electrons. The third-order valence-electron chi connectivity index (χ3n) is 4.42. The molecule has 0 unspecified atom stereocenters. The average Bonchev–Trinajstić information content (AvgIpc) is 3.21. The Labute approximate surface area is 161 Å². The summed E-state index contributed by atoms with van der Waals surface area (Å²) in [4.78, 5) is 16.5. The number of pyridine rings is 1. The van der Waals surface area contributed by atoms with Crippen LogP contribution < -0.4 is 10.1 Å². The van der Waals surface area contributed by atoms with E-state index in [0.717, 1.165) is 11.1 Å². The Kier molecular flexibility index (Phi) is 5.01. The predicted molar refractivity (Wildman–Crippen MR) is 104 cm³/mol. The number of rotatable bonds is 6. The summed E-state index contributed by atoms with van der Waals surface area (Å²) in [5.74, 6) is 0.198. The van der Waals surface area contributed by atoms with E-state index >= 15 is 0 Å². The molecule has 2 aromatic carbocycles. The highest BCUT2D eigenvalue weighted by molar-refractivity contribution is 6.00. The SMILES string of the molecule is O=C(NCc1ccc(OCc2ccccc2F)cc1)c1cccn2cncc12. The minimum atomic E-state index is -0.282. The lowest BCUT2D eigenvalue weighted by Gasteiger charge is -2.09. The van der Waals surface area contributed by atoms with Gasteiger partial charge in [-0.25, -0.2) is 9.37 Å². The first kappa shape index (κ1) is 17.7. The first-order valence-electron chi connectivity index (χ1n) is 8.85. The fraction of sp³-hybridized carbons (Fsp3) is 0.0909. The van der Waals surface area contributed by atoms with E-state index in [9.17, 15) is 9.18 Å². The number of nitrogens with one attached hydrogen (secondary N) is 1. The van der Waals surface area contributed by atoms with Crippen LogP contribution in [0.3, 0.4) is 0 Å². The van der Waals surface area contributed by atoms with Crippen LogP contribution in [0.25, 0.3) is 5.52 Å². The van der Waals surface area contributed by atoms with Gasteiger partial charge in [0, 0.05) is 18.3 Å². The molecular formula is C22H18FN3O2. The zero-order valence-corrected chi connectivity index (χ0v) is 15.0. The average molecular weight is 375 g/mol. The molecule has 6 heteroatoms. The van der Waals surface area contributed by atoms with Crippen molar-refractivity contribution < 1.29 is 13.9 Å². The molecular weight excluding hydrogens is 357 g/mol. The molecule has 1 amide bonds. The maximum absolute atomic E-state index is 13.6. The van der Waals surface area contributed by atoms with Gasteiger partial charge in [-0.05, 0) is 35.9 Å². The Morgan fingerprint density at radius 3 is 2.71 bits per heavy atom. The van der Waals surface area contributed by atoms with Crippen molar-refractivity contribution >= 4 is 11.4 Å². The van der Waals surface area contributed by atoms with Gasteiger partial charge in [0.2, 0.25) is 0 Å². The molecule has 0 aliphatic rings. The summed E-state index contributed by atoms with van der Waals surface area (Å²) < 4.78 is 21.1. The largest absolute Gasteiger partial charge is 0.489 e. The normalized spacial score (nSPS) is 10.8. The topological polar surface area (TPSA) is 55.6 Å². The number of carbonyl (C=O) groups is 1. The lowest BCUT2D eigenvalue weighted by molar-refractivity contribution is 0.0952. The van der Waals surface area contributed by atoms with Crippen LogP contribution in [0.4, 0.5) is 4.39 Å². The Morgan fingerprint density at radius 2 is 1.89 bits per heavy atom. The number of hydrogen-bond donors (Lipinski definition) is 1. The van der Waals surface area contributed by atoms with E-state index in [1.165, 1.54) is 6.07 Å². The highest BCUT2D eigenvalue weighted by atomic mass is 19.1. The Bertz CT molecular complexity index is 1110. The number of carbonyl (C=O) groups excluding carboxylic acids is 1. The predicted octanol–water partition coefficient (Wildman–Crippen LogP) is 3.98. The summed E-state index contributed by atoms with van der Waals surface area (Å²) in [5.41, 5.74) is 2.78. The molecule has 4 aromatic rings. The van der Waals surface area contributed by atoms with Gasteiger partial charge in [0.15, 0.2) is 0 Å². The summed E-state index contributed by atoms with van der Waals surface area (Å²) in [5, 5.41) is 2.91. The molecule has 0 aliphatic carbocycles. The van der Waals surface area contributed by atoms with E-state index in [0.29, 0.717) is 23.4 Å². The quantitative estimate of drug-likeness (QED) is 0.555. The monoisotopic (exact) mass is 375 g/mol. The number of imidazole rings is 1. The molecule has 140 valence electrons. The van der Waals surface area contributed by atoms with Crippen LogP contribution in [-0.4, -0.2) is 15.3 Å². The minimum Gasteiger partial charge on any atom is -0.489 e. The van der Waals surface area contributed by atoms with E-state index in [4.69, 9.17) is 4.74 Å². The first-order valence-corrected chi connectivity index (χ1v) is 8.85. The fourth-order valence-corrected chi connectivity index (χ4v) is 2.90. The molecule has 2 aromatic heterocycles. The van der Waals surface area contributed by atoms with E-state index in [-0.39, 0.29) is 18.3 Å². The molecule has 0 bridgehead atoms. The molecule has 4 rings (SSSR count). The minimum absolute atomic E-state index is 0.161. The van der Waals surface area contributed by atoms with Crippen molar-refractivity contribution in [1.29, 1.82) is 0 Å². The number of hydrogen-bond acceptors (Lipinski definition) is 3. The number of nitrogens with zero attached hydrogens (tertiary/aromatic N) is 2. The number of amides is 1. The van der Waals surface area contributed by atoms with Crippen LogP contribution >= 0.6 is 0 Å². The maximum Gasteiger partial charge on any atom is 0.253 e. The van der Waals surface area contributed by atoms with Crippen LogP contribution in [0.2, 0.25) is 0 Å². The Morgan fingerprint density at radius 1 is 1.07 bits per heavy atom. The summed E-state index contributed by atoms with van der Waals surface area (Å²) >= 11 is 0. The van der Waals surface area contributed by atoms with Crippen molar-refractivity contribution in [2.24, 2.45) is 0 Å². The van der Waals surface area contributed by atoms with Crippen molar-refractivity contribution in [1.82, 2.24) is 14.7 Å². The van der Waals surface area contributed by atoms with Gasteiger partial charge >= 0.3 is 0 Å². The summed E-state index contributed by atoms with van der Waals surface area (Å²) in [6.07, 6.45) is 5.17. The van der Waals surface area contributed by atoms with Crippen LogP contribution in [0.5, 0.6) is 5.75 Å². The van der Waals surface area contributed by atoms with E-state index in [1.807, 2.05) is 24.4 Å². The molecule has 0 atom stereocenters. The van der Waals surface area contributed by atoms with Gasteiger partial charge in [-0.3, -0.25) is 4.79 Å². The molecule has 0 aliphatic heterocycles. The number of aromatic nitrogens is 2. The second kappa shape index (κ2) is 7.92. The van der Waals surface area contributed by atoms with E-state index in [1.54, 1.807) is 53.3 Å². The lowest BCUT2D eigenvalue weighted by Crippen LogP contribution is -2.23. The summed E-state index contributed by atoms with van der Waals surface area (Å²) in [7, 11) is 0. The molecule has 0 fully saturated rings. The molecule has 28 heavy (non-hydrogen) atoms. The Hall–Kier alpha value is -3.67. The highest BCUT2D eigenvalue weighted by Gasteiger charge is 2.10. The van der Waals surface area contributed by atoms with Gasteiger partial charge in [0.25, 0.3) is 5.91 Å². The maximum atomic E-state index is 13.6. The Balaban J connectivity index is 1.35. The van der Waals surface area contributed by atoms with Crippen molar-refractivity contribution in [3.63, 3.8) is 0 Å². The van der Waals surface area contributed by atoms with Gasteiger partial charge in [-0.2, -0.15) is 0 Å². The van der Waals surface area contributed by atoms with E-state index < -0.39 is 0 Å². The molecule has 0 saturated heterocycles. The van der Waals surface area contributed by atoms with Crippen LogP contribution in [-0.2, 0) is 13.2 Å². The summed E-state index contributed by atoms with van der Waals surface area (Å²) in [6.45, 7) is 0.555. The number of fused-ring (bicyclic) bond motifs is 1. The van der Waals surface area contributed by atoms with Gasteiger partial charge in [-0.1, -0.05) is 30.3 Å². The zero-order chi connectivity index (χ0) is 19.3. The van der Waals surface area contributed by atoms with Crippen LogP contribution in [0.15, 0.2) is 79.4 Å². The smallest absolute Gasteiger partial charge is 0.253 e. The first-order chi connectivity index (χ1) is 13.7. The van der Waals surface area contributed by atoms with Gasteiger partial charge in [0.05, 0.1) is 23.6 Å². The molecule has 2 heterocycles. The number of halogens is 1. The second-order valence-corrected chi connectivity index (χ2v) is 6.31. The third kappa shape index (κ3) is 3.86. The molecule has 1 N–H and O–H groups in total. The molecule has 0 saturated carbocycles. The fourth-order valence-electron chi connectivity index (χ4n) is 2.90. The van der Waals surface area contributed by atoms with Crippen LogP contribution in [0, 0.1) is 5.82 Å². The second-order valence-electron chi connectivity index (χ2n) is 6.31. The third-order valence-corrected chi connectivity index (χ3v) is 4.42. The number of benzene rings is 2. The van der Waals surface area contributed by atoms with E-state index in [2.05, 4.69) is 10.3 Å². The lowest BCUT2D eigenvalue weighted by atomic mass is 10.2. The molecule has 0 spiro atoms. The number of ether oxygens (including phenoxy) is 1. The van der Waals surface area contributed by atoms with Crippen molar-refractivity contribution in [2.75, 3.05) is 0 Å². The zero-order valence-electron chi connectivity index (χ0n) is 15.0. The van der Waals surface area contributed by atoms with Gasteiger partial charge < -0.3 is 14.5 Å².